The zero-order valence-electron chi connectivity index (χ0n) is 9.87. The summed E-state index contributed by atoms with van der Waals surface area (Å²) in [5.74, 6) is -0.660. The molecule has 0 saturated heterocycles. The summed E-state index contributed by atoms with van der Waals surface area (Å²) >= 11 is 4.02. The minimum Gasteiger partial charge on any atom is -0.480 e. The molecule has 0 aliphatic carbocycles. The fourth-order valence-electron chi connectivity index (χ4n) is 2.24. The molecule has 1 heterocycles. The van der Waals surface area contributed by atoms with Gasteiger partial charge in [-0.3, -0.25) is 4.79 Å². The smallest absolute Gasteiger partial charge is 0.326 e. The molecule has 1 aliphatic heterocycles. The largest absolute Gasteiger partial charge is 0.480 e. The number of aliphatic carboxylic acids is 1. The summed E-state index contributed by atoms with van der Waals surface area (Å²) in [5.41, 5.74) is 2.04. The Kier molecular flexibility index (Phi) is 3.91. The average Bonchev–Trinajstić information content (AvgIpc) is 2.37. The van der Waals surface area contributed by atoms with Gasteiger partial charge in [-0.25, -0.2) is 4.79 Å². The Morgan fingerprint density at radius 2 is 2.00 bits per heavy atom. The molecule has 0 saturated carbocycles. The Balaban J connectivity index is 2.28. The Bertz CT molecular complexity index is 475. The lowest BCUT2D eigenvalue weighted by Crippen LogP contribution is -2.48. The lowest BCUT2D eigenvalue weighted by Gasteiger charge is -2.34. The van der Waals surface area contributed by atoms with E-state index in [1.54, 1.807) is 0 Å². The normalized spacial score (nSPS) is 18.3. The maximum atomic E-state index is 11.9. The van der Waals surface area contributed by atoms with E-state index in [-0.39, 0.29) is 12.3 Å². The number of carboxylic acid groups (broad SMARTS) is 1. The molecule has 0 spiro atoms. The molecule has 4 nitrogen and oxygen atoms in total. The lowest BCUT2D eigenvalue weighted by atomic mass is 9.94. The first kappa shape index (κ1) is 13.0. The van der Waals surface area contributed by atoms with Crippen molar-refractivity contribution in [2.45, 2.75) is 25.4 Å². The standard InChI is InChI=1S/C13H15NO3S/c15-12(5-6-18)14-8-10-4-2-1-3-9(10)7-11(14)13(16)17/h1-4,11,18H,5-8H2,(H,16,17)/t11-/m0/s1. The Morgan fingerprint density at radius 3 is 2.61 bits per heavy atom. The van der Waals surface area contributed by atoms with E-state index in [0.29, 0.717) is 18.7 Å². The minimum atomic E-state index is -0.947. The molecule has 0 fully saturated rings. The van der Waals surface area contributed by atoms with Gasteiger partial charge in [0.2, 0.25) is 5.91 Å². The van der Waals surface area contributed by atoms with Gasteiger partial charge >= 0.3 is 5.97 Å². The van der Waals surface area contributed by atoms with Crippen LogP contribution in [0.4, 0.5) is 0 Å². The highest BCUT2D eigenvalue weighted by atomic mass is 32.1. The van der Waals surface area contributed by atoms with Crippen molar-refractivity contribution in [2.75, 3.05) is 5.75 Å². The van der Waals surface area contributed by atoms with E-state index in [4.69, 9.17) is 0 Å². The molecule has 18 heavy (non-hydrogen) atoms. The van der Waals surface area contributed by atoms with Crippen molar-refractivity contribution in [2.24, 2.45) is 0 Å². The van der Waals surface area contributed by atoms with Crippen LogP contribution in [0.15, 0.2) is 24.3 Å². The number of fused-ring (bicyclic) bond motifs is 1. The molecule has 1 atom stereocenters. The minimum absolute atomic E-state index is 0.146. The zero-order valence-corrected chi connectivity index (χ0v) is 10.8. The Labute approximate surface area is 111 Å². The number of carboxylic acids is 1. The molecule has 0 aromatic heterocycles. The number of nitrogens with zero attached hydrogens (tertiary/aromatic N) is 1. The molecule has 96 valence electrons. The first-order valence-corrected chi connectivity index (χ1v) is 6.46. The third-order valence-electron chi connectivity index (χ3n) is 3.18. The summed E-state index contributed by atoms with van der Waals surface area (Å²) in [6.45, 7) is 0.375. The second-order valence-corrected chi connectivity index (χ2v) is 4.77. The van der Waals surface area contributed by atoms with E-state index in [2.05, 4.69) is 12.6 Å². The second-order valence-electron chi connectivity index (χ2n) is 4.32. The summed E-state index contributed by atoms with van der Waals surface area (Å²) in [6.07, 6.45) is 0.652. The van der Waals surface area contributed by atoms with E-state index >= 15 is 0 Å². The Morgan fingerprint density at radius 1 is 1.33 bits per heavy atom. The number of amides is 1. The molecule has 5 heteroatoms. The first-order valence-electron chi connectivity index (χ1n) is 5.83. The fourth-order valence-corrected chi connectivity index (χ4v) is 2.44. The summed E-state index contributed by atoms with van der Waals surface area (Å²) in [5, 5.41) is 9.24. The average molecular weight is 265 g/mol. The van der Waals surface area contributed by atoms with Gasteiger partial charge in [0.1, 0.15) is 6.04 Å². The maximum absolute atomic E-state index is 11.9. The van der Waals surface area contributed by atoms with Crippen LogP contribution in [0.2, 0.25) is 0 Å². The van der Waals surface area contributed by atoms with E-state index < -0.39 is 12.0 Å². The Hall–Kier alpha value is -1.49. The van der Waals surface area contributed by atoms with Crippen molar-refractivity contribution in [3.8, 4) is 0 Å². The van der Waals surface area contributed by atoms with Gasteiger partial charge in [-0.1, -0.05) is 24.3 Å². The highest BCUT2D eigenvalue weighted by Crippen LogP contribution is 2.24. The number of carbonyl (C=O) groups is 2. The zero-order chi connectivity index (χ0) is 13.1. The SMILES string of the molecule is O=C(O)[C@@H]1Cc2ccccc2CN1C(=O)CCS. The summed E-state index contributed by atoms with van der Waals surface area (Å²) in [4.78, 5) is 24.7. The maximum Gasteiger partial charge on any atom is 0.326 e. The van der Waals surface area contributed by atoms with E-state index in [1.807, 2.05) is 24.3 Å². The molecule has 0 radical (unpaired) electrons. The highest BCUT2D eigenvalue weighted by molar-refractivity contribution is 7.80. The van der Waals surface area contributed by atoms with Gasteiger partial charge in [0, 0.05) is 19.4 Å². The topological polar surface area (TPSA) is 57.6 Å². The van der Waals surface area contributed by atoms with Gasteiger partial charge in [-0.15, -0.1) is 0 Å². The van der Waals surface area contributed by atoms with Crippen molar-refractivity contribution in [3.63, 3.8) is 0 Å². The molecule has 1 aromatic carbocycles. The summed E-state index contributed by atoms with van der Waals surface area (Å²) < 4.78 is 0. The van der Waals surface area contributed by atoms with Gasteiger partial charge < -0.3 is 10.0 Å². The molecule has 1 amide bonds. The quantitative estimate of drug-likeness (QED) is 0.811. The molecule has 1 aromatic rings. The van der Waals surface area contributed by atoms with Crippen LogP contribution in [0.25, 0.3) is 0 Å². The van der Waals surface area contributed by atoms with Crippen molar-refractivity contribution in [1.29, 1.82) is 0 Å². The first-order chi connectivity index (χ1) is 8.63. The summed E-state index contributed by atoms with van der Waals surface area (Å²) in [7, 11) is 0. The van der Waals surface area contributed by atoms with Crippen LogP contribution in [0.1, 0.15) is 17.5 Å². The van der Waals surface area contributed by atoms with Crippen molar-refractivity contribution in [1.82, 2.24) is 4.90 Å². The van der Waals surface area contributed by atoms with E-state index in [9.17, 15) is 14.7 Å². The van der Waals surface area contributed by atoms with Gasteiger partial charge in [0.25, 0.3) is 0 Å². The van der Waals surface area contributed by atoms with Gasteiger partial charge in [0.05, 0.1) is 0 Å². The van der Waals surface area contributed by atoms with Crippen LogP contribution in [-0.4, -0.2) is 33.7 Å². The van der Waals surface area contributed by atoms with Crippen LogP contribution in [0.3, 0.4) is 0 Å². The highest BCUT2D eigenvalue weighted by Gasteiger charge is 2.33. The number of thiol groups is 1. The molecule has 0 bridgehead atoms. The second kappa shape index (κ2) is 5.44. The molecule has 0 unspecified atom stereocenters. The predicted molar refractivity (Wildman–Crippen MR) is 70.6 cm³/mol. The molecule has 1 N–H and O–H groups in total. The van der Waals surface area contributed by atoms with Crippen LogP contribution in [0.5, 0.6) is 0 Å². The molecule has 2 rings (SSSR count). The number of benzene rings is 1. The monoisotopic (exact) mass is 265 g/mol. The van der Waals surface area contributed by atoms with Gasteiger partial charge in [-0.2, -0.15) is 12.6 Å². The van der Waals surface area contributed by atoms with Crippen LogP contribution < -0.4 is 0 Å². The predicted octanol–water partition coefficient (Wildman–Crippen LogP) is 1.34. The van der Waals surface area contributed by atoms with Crippen LogP contribution in [0, 0.1) is 0 Å². The van der Waals surface area contributed by atoms with Crippen molar-refractivity contribution < 1.29 is 14.7 Å². The van der Waals surface area contributed by atoms with Crippen molar-refractivity contribution in [3.05, 3.63) is 35.4 Å². The number of carbonyl (C=O) groups excluding carboxylic acids is 1. The third kappa shape index (κ3) is 2.51. The fraction of sp³-hybridized carbons (Fsp3) is 0.385. The molecular weight excluding hydrogens is 250 g/mol. The number of hydrogen-bond acceptors (Lipinski definition) is 3. The molecular formula is C13H15NO3S. The van der Waals surface area contributed by atoms with Crippen LogP contribution >= 0.6 is 12.6 Å². The molecule has 1 aliphatic rings. The number of rotatable bonds is 3. The van der Waals surface area contributed by atoms with E-state index in [1.165, 1.54) is 4.90 Å². The summed E-state index contributed by atoms with van der Waals surface area (Å²) in [6, 6.07) is 6.90. The van der Waals surface area contributed by atoms with E-state index in [0.717, 1.165) is 11.1 Å². The lowest BCUT2D eigenvalue weighted by molar-refractivity contribution is -0.151. The van der Waals surface area contributed by atoms with Crippen LogP contribution in [-0.2, 0) is 22.6 Å². The number of hydrogen-bond donors (Lipinski definition) is 2. The van der Waals surface area contributed by atoms with Gasteiger partial charge in [0.15, 0.2) is 0 Å². The third-order valence-corrected chi connectivity index (χ3v) is 3.40. The van der Waals surface area contributed by atoms with Crippen molar-refractivity contribution >= 4 is 24.5 Å². The van der Waals surface area contributed by atoms with Gasteiger partial charge in [-0.05, 0) is 16.9 Å².